The number of carbonyl (C=O) groups is 1. The average Bonchev–Trinajstić information content (AvgIpc) is 2.74. The summed E-state index contributed by atoms with van der Waals surface area (Å²) in [7, 11) is 0. The summed E-state index contributed by atoms with van der Waals surface area (Å²) < 4.78 is 13.3. The number of hydrogen-bond acceptors (Lipinski definition) is 3. The second-order valence-electron chi connectivity index (χ2n) is 7.20. The van der Waals surface area contributed by atoms with Gasteiger partial charge >= 0.3 is 0 Å². The molecule has 1 saturated heterocycles. The van der Waals surface area contributed by atoms with Crippen LogP contribution in [-0.4, -0.2) is 35.1 Å². The van der Waals surface area contributed by atoms with E-state index in [1.807, 2.05) is 30.4 Å². The van der Waals surface area contributed by atoms with Crippen LogP contribution in [0.3, 0.4) is 0 Å². The van der Waals surface area contributed by atoms with E-state index >= 15 is 0 Å². The quantitative estimate of drug-likeness (QED) is 0.793. The summed E-state index contributed by atoms with van der Waals surface area (Å²) in [6.07, 6.45) is 8.64. The molecular formula is C23H20FN3O. The molecule has 1 aromatic carbocycles. The zero-order valence-electron chi connectivity index (χ0n) is 15.4. The van der Waals surface area contributed by atoms with Crippen LogP contribution < -0.4 is 0 Å². The first kappa shape index (κ1) is 18.1. The van der Waals surface area contributed by atoms with Gasteiger partial charge in [-0.25, -0.2) is 4.39 Å². The van der Waals surface area contributed by atoms with E-state index in [9.17, 15) is 9.18 Å². The summed E-state index contributed by atoms with van der Waals surface area (Å²) in [6.45, 7) is 0.901. The molecule has 0 spiro atoms. The second kappa shape index (κ2) is 7.77. The van der Waals surface area contributed by atoms with Crippen molar-refractivity contribution in [1.82, 2.24) is 9.88 Å². The molecule has 5 heteroatoms. The number of halogens is 1. The number of likely N-dealkylation sites (tertiary alicyclic amines) is 1. The normalized spacial score (nSPS) is 18.0. The highest BCUT2D eigenvalue weighted by Crippen LogP contribution is 2.25. The fourth-order valence-electron chi connectivity index (χ4n) is 3.57. The molecule has 4 nitrogen and oxygen atoms in total. The van der Waals surface area contributed by atoms with E-state index in [-0.39, 0.29) is 5.91 Å². The Hall–Kier alpha value is -3.26. The molecule has 0 bridgehead atoms. The van der Waals surface area contributed by atoms with Crippen LogP contribution in [0.2, 0.25) is 0 Å². The van der Waals surface area contributed by atoms with Crippen molar-refractivity contribution in [1.29, 1.82) is 5.26 Å². The third kappa shape index (κ3) is 3.86. The van der Waals surface area contributed by atoms with Gasteiger partial charge in [0.25, 0.3) is 5.91 Å². The first-order valence-corrected chi connectivity index (χ1v) is 9.43. The van der Waals surface area contributed by atoms with E-state index in [4.69, 9.17) is 5.26 Å². The number of hydrogen-bond donors (Lipinski definition) is 0. The van der Waals surface area contributed by atoms with Crippen molar-refractivity contribution in [2.45, 2.75) is 25.4 Å². The number of rotatable bonds is 2. The first-order chi connectivity index (χ1) is 13.6. The number of nitrogens with zero attached hydrogens (tertiary/aromatic N) is 3. The topological polar surface area (TPSA) is 57.0 Å². The van der Waals surface area contributed by atoms with Gasteiger partial charge in [-0.05, 0) is 59.7 Å². The number of alkyl halides is 1. The molecule has 2 heterocycles. The Bertz CT molecular complexity index is 993. The van der Waals surface area contributed by atoms with Gasteiger partial charge in [-0.2, -0.15) is 5.26 Å². The highest BCUT2D eigenvalue weighted by Gasteiger charge is 2.24. The van der Waals surface area contributed by atoms with Crippen molar-refractivity contribution in [3.8, 4) is 6.07 Å². The van der Waals surface area contributed by atoms with Gasteiger partial charge < -0.3 is 4.90 Å². The van der Waals surface area contributed by atoms with Gasteiger partial charge in [0, 0.05) is 19.3 Å². The van der Waals surface area contributed by atoms with Gasteiger partial charge in [0.05, 0.1) is 11.6 Å². The van der Waals surface area contributed by atoms with Crippen molar-refractivity contribution in [2.75, 3.05) is 13.1 Å². The SMILES string of the molecule is N#Cc1ccc(C=C2C=Cc3cc(C(=O)N4CCC(F)CC4)ncc3C2)cc1. The minimum atomic E-state index is -0.801. The van der Waals surface area contributed by atoms with Gasteiger partial charge in [0.15, 0.2) is 0 Å². The first-order valence-electron chi connectivity index (χ1n) is 9.43. The van der Waals surface area contributed by atoms with E-state index in [1.165, 1.54) is 0 Å². The Balaban J connectivity index is 1.50. The Morgan fingerprint density at radius 3 is 2.68 bits per heavy atom. The number of pyridine rings is 1. The zero-order chi connectivity index (χ0) is 19.5. The van der Waals surface area contributed by atoms with Crippen molar-refractivity contribution >= 4 is 18.1 Å². The molecule has 1 amide bonds. The number of aromatic nitrogens is 1. The minimum absolute atomic E-state index is 0.123. The Labute approximate surface area is 163 Å². The highest BCUT2D eigenvalue weighted by atomic mass is 19.1. The molecule has 0 saturated carbocycles. The van der Waals surface area contributed by atoms with E-state index < -0.39 is 6.17 Å². The maximum absolute atomic E-state index is 13.3. The van der Waals surface area contributed by atoms with Crippen molar-refractivity contribution in [2.24, 2.45) is 0 Å². The maximum atomic E-state index is 13.3. The van der Waals surface area contributed by atoms with Crippen LogP contribution in [0.15, 0.2) is 48.2 Å². The molecule has 0 atom stereocenters. The molecule has 4 rings (SSSR count). The summed E-state index contributed by atoms with van der Waals surface area (Å²) in [4.78, 5) is 18.7. The number of carbonyl (C=O) groups excluding carboxylic acids is 1. The average molecular weight is 373 g/mol. The fraction of sp³-hybridized carbons (Fsp3) is 0.261. The molecule has 28 heavy (non-hydrogen) atoms. The molecule has 1 aromatic heterocycles. The predicted octanol–water partition coefficient (Wildman–Crippen LogP) is 4.18. The number of piperidine rings is 1. The minimum Gasteiger partial charge on any atom is -0.337 e. The van der Waals surface area contributed by atoms with Crippen LogP contribution in [0.4, 0.5) is 4.39 Å². The Kier molecular flexibility index (Phi) is 5.03. The van der Waals surface area contributed by atoms with E-state index in [0.29, 0.717) is 37.2 Å². The summed E-state index contributed by atoms with van der Waals surface area (Å²) >= 11 is 0. The number of nitriles is 1. The van der Waals surface area contributed by atoms with Crippen molar-refractivity contribution in [3.05, 3.63) is 76.1 Å². The molecular weight excluding hydrogens is 353 g/mol. The summed E-state index contributed by atoms with van der Waals surface area (Å²) in [5.74, 6) is -0.123. The Morgan fingerprint density at radius 2 is 1.96 bits per heavy atom. The maximum Gasteiger partial charge on any atom is 0.272 e. The molecule has 2 aliphatic rings. The van der Waals surface area contributed by atoms with Gasteiger partial charge in [-0.15, -0.1) is 0 Å². The number of amides is 1. The molecule has 0 unspecified atom stereocenters. The number of allylic oxidation sites excluding steroid dienone is 2. The standard InChI is InChI=1S/C23H20FN3O/c24-21-7-9-27(10-8-21)23(28)22-13-19-6-5-18(12-20(19)15-26-22)11-16-1-3-17(14-25)4-2-16/h1-6,11,13,15,21H,7-10,12H2. The molecule has 0 N–H and O–H groups in total. The third-order valence-electron chi connectivity index (χ3n) is 5.22. The van der Waals surface area contributed by atoms with Gasteiger partial charge in [0.1, 0.15) is 11.9 Å². The molecule has 0 radical (unpaired) electrons. The lowest BCUT2D eigenvalue weighted by atomic mass is 9.93. The van der Waals surface area contributed by atoms with Crippen LogP contribution in [0.5, 0.6) is 0 Å². The number of benzene rings is 1. The van der Waals surface area contributed by atoms with Crippen LogP contribution in [0, 0.1) is 11.3 Å². The van der Waals surface area contributed by atoms with Crippen LogP contribution in [0.25, 0.3) is 12.2 Å². The van der Waals surface area contributed by atoms with Crippen LogP contribution in [0.1, 0.15) is 45.6 Å². The monoisotopic (exact) mass is 373 g/mol. The molecule has 1 aliphatic heterocycles. The molecule has 1 fully saturated rings. The lowest BCUT2D eigenvalue weighted by Gasteiger charge is -2.28. The molecule has 2 aromatic rings. The molecule has 1 aliphatic carbocycles. The molecule has 140 valence electrons. The largest absolute Gasteiger partial charge is 0.337 e. The van der Waals surface area contributed by atoms with Crippen LogP contribution in [-0.2, 0) is 6.42 Å². The predicted molar refractivity (Wildman–Crippen MR) is 106 cm³/mol. The summed E-state index contributed by atoms with van der Waals surface area (Å²) in [6, 6.07) is 11.4. The highest BCUT2D eigenvalue weighted by molar-refractivity contribution is 5.93. The van der Waals surface area contributed by atoms with E-state index in [1.54, 1.807) is 23.2 Å². The van der Waals surface area contributed by atoms with Gasteiger partial charge in [-0.1, -0.05) is 30.4 Å². The van der Waals surface area contributed by atoms with Crippen molar-refractivity contribution in [3.63, 3.8) is 0 Å². The number of fused-ring (bicyclic) bond motifs is 1. The zero-order valence-corrected chi connectivity index (χ0v) is 15.4. The van der Waals surface area contributed by atoms with Crippen molar-refractivity contribution < 1.29 is 9.18 Å². The van der Waals surface area contributed by atoms with Gasteiger partial charge in [0.2, 0.25) is 0 Å². The van der Waals surface area contributed by atoms with Crippen LogP contribution >= 0.6 is 0 Å². The van der Waals surface area contributed by atoms with E-state index in [0.717, 1.165) is 28.7 Å². The lowest BCUT2D eigenvalue weighted by Crippen LogP contribution is -2.39. The third-order valence-corrected chi connectivity index (χ3v) is 5.22. The summed E-state index contributed by atoms with van der Waals surface area (Å²) in [5.41, 5.74) is 5.31. The smallest absolute Gasteiger partial charge is 0.272 e. The Morgan fingerprint density at radius 1 is 1.21 bits per heavy atom. The second-order valence-corrected chi connectivity index (χ2v) is 7.20. The van der Waals surface area contributed by atoms with Gasteiger partial charge in [-0.3, -0.25) is 9.78 Å². The lowest BCUT2D eigenvalue weighted by molar-refractivity contribution is 0.0661. The summed E-state index contributed by atoms with van der Waals surface area (Å²) in [5, 5.41) is 8.89. The fourth-order valence-corrected chi connectivity index (χ4v) is 3.57. The van der Waals surface area contributed by atoms with E-state index in [2.05, 4.69) is 17.1 Å².